The van der Waals surface area contributed by atoms with Crippen LogP contribution in [0.15, 0.2) is 78.9 Å². The molecule has 11 nitrogen and oxygen atoms in total. The van der Waals surface area contributed by atoms with Crippen LogP contribution in [0.1, 0.15) is 82.0 Å². The molecule has 3 aromatic carbocycles. The third-order valence-electron chi connectivity index (χ3n) is 10.4. The Kier molecular flexibility index (Phi) is 14.3. The van der Waals surface area contributed by atoms with Crippen molar-refractivity contribution in [3.05, 3.63) is 101 Å². The minimum atomic E-state index is -1.25. The highest BCUT2D eigenvalue weighted by atomic mass is 35.5. The van der Waals surface area contributed by atoms with Gasteiger partial charge in [0.2, 0.25) is 23.6 Å². The highest BCUT2D eigenvalue weighted by molar-refractivity contribution is 6.33. The molecule has 1 fully saturated rings. The number of likely N-dealkylation sites (tertiary alicyclic amines) is 1. The Balaban J connectivity index is 1.28. The molecule has 1 aliphatic carbocycles. The molecule has 3 aromatic rings. The van der Waals surface area contributed by atoms with E-state index < -0.39 is 29.9 Å². The second kappa shape index (κ2) is 19.1. The Labute approximate surface area is 329 Å². The maximum absolute atomic E-state index is 14.1. The van der Waals surface area contributed by atoms with Gasteiger partial charge in [-0.05, 0) is 79.2 Å². The first-order valence-corrected chi connectivity index (χ1v) is 19.7. The summed E-state index contributed by atoms with van der Waals surface area (Å²) in [5.41, 5.74) is 3.72. The molecule has 0 aromatic heterocycles. The summed E-state index contributed by atoms with van der Waals surface area (Å²) in [6.07, 6.45) is 4.06. The number of nitrogens with one attached hydrogen (secondary N) is 4. The Bertz CT molecular complexity index is 1810. The van der Waals surface area contributed by atoms with Gasteiger partial charge in [0.25, 0.3) is 0 Å². The van der Waals surface area contributed by atoms with Crippen molar-refractivity contribution in [1.29, 1.82) is 0 Å². The number of hydrogen-bond acceptors (Lipinski definition) is 5. The lowest BCUT2D eigenvalue weighted by Gasteiger charge is -2.34. The van der Waals surface area contributed by atoms with Crippen LogP contribution in [0, 0.1) is 11.3 Å². The number of fused-ring (bicyclic) bond motifs is 1. The van der Waals surface area contributed by atoms with Crippen LogP contribution >= 0.6 is 11.6 Å². The predicted molar refractivity (Wildman–Crippen MR) is 216 cm³/mol. The van der Waals surface area contributed by atoms with Crippen molar-refractivity contribution in [2.24, 2.45) is 11.3 Å². The van der Waals surface area contributed by atoms with E-state index in [0.717, 1.165) is 30.4 Å². The second-order valence-corrected chi connectivity index (χ2v) is 16.3. The smallest absolute Gasteiger partial charge is 0.318 e. The fourth-order valence-electron chi connectivity index (χ4n) is 7.19. The van der Waals surface area contributed by atoms with Crippen molar-refractivity contribution in [1.82, 2.24) is 26.2 Å². The Hall–Kier alpha value is -4.90. The lowest BCUT2D eigenvalue weighted by Crippen LogP contribution is -2.57. The van der Waals surface area contributed by atoms with Gasteiger partial charge in [0, 0.05) is 32.6 Å². The van der Waals surface area contributed by atoms with Crippen LogP contribution in [0.25, 0.3) is 0 Å². The number of carbonyl (C=O) groups is 5. The number of benzene rings is 3. The second-order valence-electron chi connectivity index (χ2n) is 15.9. The molecule has 4 N–H and O–H groups in total. The fourth-order valence-corrected chi connectivity index (χ4v) is 7.45. The Morgan fingerprint density at radius 3 is 2.22 bits per heavy atom. The van der Waals surface area contributed by atoms with Crippen LogP contribution in [0.5, 0.6) is 0 Å². The van der Waals surface area contributed by atoms with Gasteiger partial charge in [-0.25, -0.2) is 4.79 Å². The summed E-state index contributed by atoms with van der Waals surface area (Å²) >= 11 is 6.34. The summed E-state index contributed by atoms with van der Waals surface area (Å²) in [4.78, 5) is 71.5. The van der Waals surface area contributed by atoms with Crippen molar-refractivity contribution in [2.45, 2.75) is 90.3 Å². The zero-order chi connectivity index (χ0) is 39.5. The molecular weight excluding hydrogens is 716 g/mol. The summed E-state index contributed by atoms with van der Waals surface area (Å²) in [6, 6.07) is 22.1. The minimum absolute atomic E-state index is 0.0857. The molecule has 5 rings (SSSR count). The average molecular weight is 771 g/mol. The molecule has 0 spiro atoms. The highest BCUT2D eigenvalue weighted by Crippen LogP contribution is 2.30. The topological polar surface area (TPSA) is 140 Å². The van der Waals surface area contributed by atoms with Crippen molar-refractivity contribution < 1.29 is 24.0 Å². The number of piperidine rings is 1. The first-order valence-electron chi connectivity index (χ1n) is 19.4. The molecule has 0 bridgehead atoms. The molecule has 3 atom stereocenters. The molecule has 0 saturated carbocycles. The lowest BCUT2D eigenvalue weighted by molar-refractivity contribution is -0.132. The van der Waals surface area contributed by atoms with Gasteiger partial charge in [-0.3, -0.25) is 19.2 Å². The van der Waals surface area contributed by atoms with Crippen LogP contribution in [0.2, 0.25) is 5.02 Å². The minimum Gasteiger partial charge on any atom is -0.355 e. The molecule has 0 unspecified atom stereocenters. The van der Waals surface area contributed by atoms with Gasteiger partial charge in [-0.2, -0.15) is 0 Å². The molecule has 12 heteroatoms. The van der Waals surface area contributed by atoms with Crippen molar-refractivity contribution in [2.75, 3.05) is 31.6 Å². The van der Waals surface area contributed by atoms with E-state index in [0.29, 0.717) is 42.9 Å². The first kappa shape index (κ1) is 41.3. The molecule has 1 aliphatic heterocycles. The molecule has 0 radical (unpaired) electrons. The third-order valence-corrected chi connectivity index (χ3v) is 10.7. The Morgan fingerprint density at radius 2 is 1.51 bits per heavy atom. The lowest BCUT2D eigenvalue weighted by atomic mass is 9.87. The maximum atomic E-state index is 14.1. The molecule has 1 heterocycles. The monoisotopic (exact) mass is 770 g/mol. The number of para-hydroxylation sites is 1. The maximum Gasteiger partial charge on any atom is 0.318 e. The molecule has 55 heavy (non-hydrogen) atoms. The molecule has 294 valence electrons. The normalized spacial score (nSPS) is 16.9. The summed E-state index contributed by atoms with van der Waals surface area (Å²) < 4.78 is 0. The summed E-state index contributed by atoms with van der Waals surface area (Å²) in [5.74, 6) is -1.74. The van der Waals surface area contributed by atoms with E-state index in [9.17, 15) is 24.0 Å². The van der Waals surface area contributed by atoms with Gasteiger partial charge >= 0.3 is 6.03 Å². The quantitative estimate of drug-likeness (QED) is 0.170. The first-order chi connectivity index (χ1) is 26.3. The largest absolute Gasteiger partial charge is 0.355 e. The number of halogens is 1. The van der Waals surface area contributed by atoms with Crippen LogP contribution in [-0.4, -0.2) is 73.3 Å². The summed E-state index contributed by atoms with van der Waals surface area (Å²) in [6.45, 7) is 6.91. The molecule has 1 saturated heterocycles. The van der Waals surface area contributed by atoms with E-state index in [-0.39, 0.29) is 48.7 Å². The van der Waals surface area contributed by atoms with Gasteiger partial charge in [0.05, 0.1) is 23.2 Å². The molecular formula is C43H55ClN6O5. The number of aryl methyl sites for hydroxylation is 2. The van der Waals surface area contributed by atoms with E-state index in [1.807, 2.05) is 75.4 Å². The van der Waals surface area contributed by atoms with Crippen LogP contribution in [0.4, 0.5) is 10.5 Å². The zero-order valence-corrected chi connectivity index (χ0v) is 33.2. The van der Waals surface area contributed by atoms with Crippen LogP contribution < -0.4 is 26.2 Å². The van der Waals surface area contributed by atoms with E-state index in [1.165, 1.54) is 5.56 Å². The summed E-state index contributed by atoms with van der Waals surface area (Å²) in [7, 11) is 1.69. The number of nitrogens with zero attached hydrogens (tertiary/aromatic N) is 2. The van der Waals surface area contributed by atoms with Gasteiger partial charge in [-0.1, -0.05) is 99.1 Å². The van der Waals surface area contributed by atoms with Gasteiger partial charge < -0.3 is 31.1 Å². The number of rotatable bonds is 13. The van der Waals surface area contributed by atoms with Crippen molar-refractivity contribution in [3.63, 3.8) is 0 Å². The van der Waals surface area contributed by atoms with Gasteiger partial charge in [0.1, 0.15) is 12.1 Å². The van der Waals surface area contributed by atoms with E-state index in [2.05, 4.69) is 27.3 Å². The van der Waals surface area contributed by atoms with Gasteiger partial charge in [0.15, 0.2) is 0 Å². The standard InChI is InChI=1S/C43H55ClN6O5/c1-43(2,3)28-45-38(51)27-36(48-42(55)50-25-23-31(24-26-50)41(54)49(4)37-20-11-10-18-33(37)44)40(53)47-35(22-21-29-13-6-5-7-14-29)39(52)46-34-19-12-16-30-15-8-9-17-32(30)34/h5-11,13-15,17-18,20,31,34-36H,12,16,19,21-28H2,1-4H3,(H,45,51)(H,46,52)(H,47,53)(H,48,55)/t34-,35+,36+/m1/s1. The number of urea groups is 1. The number of amides is 6. The van der Waals surface area contributed by atoms with Crippen LogP contribution in [-0.2, 0) is 32.0 Å². The third kappa shape index (κ3) is 11.8. The van der Waals surface area contributed by atoms with Crippen molar-refractivity contribution in [3.8, 4) is 0 Å². The van der Waals surface area contributed by atoms with E-state index >= 15 is 0 Å². The van der Waals surface area contributed by atoms with Crippen LogP contribution in [0.3, 0.4) is 0 Å². The highest BCUT2D eigenvalue weighted by Gasteiger charge is 2.34. The van der Waals surface area contributed by atoms with Gasteiger partial charge in [-0.15, -0.1) is 0 Å². The molecule has 6 amide bonds. The average Bonchev–Trinajstić information content (AvgIpc) is 3.18. The Morgan fingerprint density at radius 1 is 0.836 bits per heavy atom. The van der Waals surface area contributed by atoms with E-state index in [1.54, 1.807) is 35.0 Å². The number of hydrogen-bond donors (Lipinski definition) is 4. The SMILES string of the molecule is CN(C(=O)C1CCN(C(=O)N[C@@H](CC(=O)NCC(C)(C)C)C(=O)N[C@@H](CCc2ccccc2)C(=O)N[C@@H]2CCCc3ccccc32)CC1)c1ccccc1Cl. The summed E-state index contributed by atoms with van der Waals surface area (Å²) in [5, 5.41) is 12.3. The zero-order valence-electron chi connectivity index (χ0n) is 32.4. The van der Waals surface area contributed by atoms with E-state index in [4.69, 9.17) is 11.6 Å². The number of anilines is 1. The molecule has 2 aliphatic rings. The predicted octanol–water partition coefficient (Wildman–Crippen LogP) is 5.96. The fraction of sp³-hybridized carbons (Fsp3) is 0.465. The van der Waals surface area contributed by atoms with Crippen molar-refractivity contribution >= 4 is 46.9 Å². The number of carbonyl (C=O) groups excluding carboxylic acids is 5.